The first-order valence-electron chi connectivity index (χ1n) is 9.31. The number of carbonyl (C=O) groups is 1. The fourth-order valence-electron chi connectivity index (χ4n) is 3.84. The molecule has 1 amide bonds. The van der Waals surface area contributed by atoms with Crippen molar-refractivity contribution in [3.63, 3.8) is 0 Å². The van der Waals surface area contributed by atoms with E-state index < -0.39 is 5.54 Å². The fraction of sp³-hybridized carbons (Fsp3) is 0.611. The van der Waals surface area contributed by atoms with E-state index in [1.165, 1.54) is 6.42 Å². The molecular formula is C18H25N5O2S. The Bertz CT molecular complexity index is 731. The first-order chi connectivity index (χ1) is 12.6. The largest absolute Gasteiger partial charge is 0.339 e. The summed E-state index contributed by atoms with van der Waals surface area (Å²) in [5.74, 6) is 1.40. The van der Waals surface area contributed by atoms with Crippen LogP contribution in [-0.2, 0) is 11.3 Å². The van der Waals surface area contributed by atoms with Gasteiger partial charge in [-0.1, -0.05) is 30.5 Å². The predicted molar refractivity (Wildman–Crippen MR) is 99.5 cm³/mol. The number of nitrogens with zero attached hydrogens (tertiary/aromatic N) is 4. The van der Waals surface area contributed by atoms with Crippen molar-refractivity contribution in [3.8, 4) is 10.7 Å². The number of amides is 1. The van der Waals surface area contributed by atoms with Gasteiger partial charge in [0.15, 0.2) is 0 Å². The molecule has 7 nitrogen and oxygen atoms in total. The Balaban J connectivity index is 1.30. The second kappa shape index (κ2) is 7.46. The van der Waals surface area contributed by atoms with Crippen LogP contribution in [0.1, 0.15) is 38.0 Å². The average molecular weight is 375 g/mol. The van der Waals surface area contributed by atoms with Gasteiger partial charge < -0.3 is 15.2 Å². The lowest BCUT2D eigenvalue weighted by molar-refractivity contribution is -0.140. The van der Waals surface area contributed by atoms with Crippen molar-refractivity contribution in [2.45, 2.75) is 44.2 Å². The number of nitrogens with two attached hydrogens (primary N) is 1. The Morgan fingerprint density at radius 1 is 1.23 bits per heavy atom. The standard InChI is InChI=1S/C18H25N5O2S/c19-18(6-2-1-3-7-18)17(24)23-10-8-22(9-11-23)13-15-20-16(21-25-15)14-5-4-12-26-14/h4-5,12H,1-3,6-11,13,19H2. The SMILES string of the molecule is NC1(C(=O)N2CCN(Cc3nc(-c4cccs4)no3)CC2)CCCCC1. The molecule has 0 unspecified atom stereocenters. The van der Waals surface area contributed by atoms with Gasteiger partial charge >= 0.3 is 0 Å². The number of hydrogen-bond donors (Lipinski definition) is 1. The highest BCUT2D eigenvalue weighted by Crippen LogP contribution is 2.28. The lowest BCUT2D eigenvalue weighted by Crippen LogP contribution is -2.60. The Labute approximate surface area is 157 Å². The van der Waals surface area contributed by atoms with E-state index in [4.69, 9.17) is 10.3 Å². The molecule has 0 bridgehead atoms. The molecule has 1 saturated carbocycles. The summed E-state index contributed by atoms with van der Waals surface area (Å²) in [6.45, 7) is 3.65. The molecule has 2 fully saturated rings. The van der Waals surface area contributed by atoms with Gasteiger partial charge in [0.2, 0.25) is 17.6 Å². The topological polar surface area (TPSA) is 88.5 Å². The fourth-order valence-corrected chi connectivity index (χ4v) is 4.49. The maximum Gasteiger partial charge on any atom is 0.242 e. The van der Waals surface area contributed by atoms with Crippen LogP contribution in [0.5, 0.6) is 0 Å². The van der Waals surface area contributed by atoms with Crippen LogP contribution < -0.4 is 5.73 Å². The predicted octanol–water partition coefficient (Wildman–Crippen LogP) is 2.10. The first kappa shape index (κ1) is 17.6. The summed E-state index contributed by atoms with van der Waals surface area (Å²) in [6, 6.07) is 3.96. The van der Waals surface area contributed by atoms with Crippen LogP contribution in [0.25, 0.3) is 10.7 Å². The second-order valence-electron chi connectivity index (χ2n) is 7.27. The van der Waals surface area contributed by atoms with Crippen molar-refractivity contribution in [1.82, 2.24) is 19.9 Å². The number of hydrogen-bond acceptors (Lipinski definition) is 7. The summed E-state index contributed by atoms with van der Waals surface area (Å²) < 4.78 is 5.38. The van der Waals surface area contributed by atoms with Gasteiger partial charge in [0.1, 0.15) is 0 Å². The van der Waals surface area contributed by atoms with Crippen molar-refractivity contribution < 1.29 is 9.32 Å². The van der Waals surface area contributed by atoms with Crippen molar-refractivity contribution in [1.29, 1.82) is 0 Å². The van der Waals surface area contributed by atoms with Crippen molar-refractivity contribution >= 4 is 17.2 Å². The van der Waals surface area contributed by atoms with E-state index in [0.717, 1.165) is 43.6 Å². The molecule has 140 valence electrons. The monoisotopic (exact) mass is 375 g/mol. The van der Waals surface area contributed by atoms with Gasteiger partial charge in [-0.3, -0.25) is 9.69 Å². The zero-order valence-corrected chi connectivity index (χ0v) is 15.7. The molecule has 2 N–H and O–H groups in total. The van der Waals surface area contributed by atoms with E-state index in [0.29, 0.717) is 31.3 Å². The van der Waals surface area contributed by atoms with Gasteiger partial charge in [-0.2, -0.15) is 4.98 Å². The van der Waals surface area contributed by atoms with Crippen LogP contribution in [0.4, 0.5) is 0 Å². The van der Waals surface area contributed by atoms with Crippen LogP contribution in [0.2, 0.25) is 0 Å². The summed E-state index contributed by atoms with van der Waals surface area (Å²) in [5.41, 5.74) is 5.77. The van der Waals surface area contributed by atoms with E-state index in [9.17, 15) is 4.79 Å². The third kappa shape index (κ3) is 3.67. The molecule has 1 saturated heterocycles. The third-order valence-electron chi connectivity index (χ3n) is 5.40. The van der Waals surface area contributed by atoms with Gasteiger partial charge in [0.05, 0.1) is 17.0 Å². The molecule has 0 atom stereocenters. The Morgan fingerprint density at radius 2 is 2.00 bits per heavy atom. The molecule has 3 heterocycles. The summed E-state index contributed by atoms with van der Waals surface area (Å²) in [4.78, 5) is 22.5. The third-order valence-corrected chi connectivity index (χ3v) is 6.27. The van der Waals surface area contributed by atoms with Crippen molar-refractivity contribution in [2.24, 2.45) is 5.73 Å². The normalized spacial score (nSPS) is 21.0. The number of carbonyl (C=O) groups excluding carboxylic acids is 1. The highest BCUT2D eigenvalue weighted by molar-refractivity contribution is 7.13. The van der Waals surface area contributed by atoms with Gasteiger partial charge in [0, 0.05) is 26.2 Å². The number of piperazine rings is 1. The van der Waals surface area contributed by atoms with Crippen LogP contribution >= 0.6 is 11.3 Å². The molecule has 1 aliphatic carbocycles. The summed E-state index contributed by atoms with van der Waals surface area (Å²) in [6.07, 6.45) is 4.95. The van der Waals surface area contributed by atoms with E-state index >= 15 is 0 Å². The van der Waals surface area contributed by atoms with E-state index in [1.807, 2.05) is 22.4 Å². The van der Waals surface area contributed by atoms with Crippen LogP contribution in [0, 0.1) is 0 Å². The zero-order valence-electron chi connectivity index (χ0n) is 14.9. The van der Waals surface area contributed by atoms with Crippen molar-refractivity contribution in [3.05, 3.63) is 23.4 Å². The van der Waals surface area contributed by atoms with E-state index in [2.05, 4.69) is 15.0 Å². The average Bonchev–Trinajstić information content (AvgIpc) is 3.34. The van der Waals surface area contributed by atoms with Gasteiger partial charge in [0.25, 0.3) is 0 Å². The maximum atomic E-state index is 12.8. The number of aromatic nitrogens is 2. The van der Waals surface area contributed by atoms with Gasteiger partial charge in [-0.25, -0.2) is 0 Å². The van der Waals surface area contributed by atoms with E-state index in [-0.39, 0.29) is 5.91 Å². The highest BCUT2D eigenvalue weighted by atomic mass is 32.1. The number of thiophene rings is 1. The number of rotatable bonds is 4. The minimum Gasteiger partial charge on any atom is -0.339 e. The van der Waals surface area contributed by atoms with E-state index in [1.54, 1.807) is 11.3 Å². The minimum absolute atomic E-state index is 0.134. The van der Waals surface area contributed by atoms with Gasteiger partial charge in [-0.15, -0.1) is 11.3 Å². The zero-order chi connectivity index (χ0) is 18.0. The molecule has 26 heavy (non-hydrogen) atoms. The molecule has 4 rings (SSSR count). The summed E-state index contributed by atoms with van der Waals surface area (Å²) in [7, 11) is 0. The minimum atomic E-state index is -0.636. The molecule has 2 aromatic heterocycles. The van der Waals surface area contributed by atoms with Crippen LogP contribution in [-0.4, -0.2) is 57.6 Å². The Hall–Kier alpha value is -1.77. The highest BCUT2D eigenvalue weighted by Gasteiger charge is 2.39. The lowest BCUT2D eigenvalue weighted by Gasteiger charge is -2.40. The van der Waals surface area contributed by atoms with Crippen LogP contribution in [0.15, 0.2) is 22.0 Å². The van der Waals surface area contributed by atoms with Crippen molar-refractivity contribution in [2.75, 3.05) is 26.2 Å². The quantitative estimate of drug-likeness (QED) is 0.880. The molecular weight excluding hydrogens is 350 g/mol. The van der Waals surface area contributed by atoms with Crippen LogP contribution in [0.3, 0.4) is 0 Å². The molecule has 0 aromatic carbocycles. The first-order valence-corrected chi connectivity index (χ1v) is 10.2. The summed E-state index contributed by atoms with van der Waals surface area (Å²) in [5, 5.41) is 6.05. The van der Waals surface area contributed by atoms with Gasteiger partial charge in [-0.05, 0) is 24.3 Å². The Kier molecular flexibility index (Phi) is 5.06. The maximum absolute atomic E-state index is 12.8. The molecule has 2 aliphatic rings. The molecule has 0 radical (unpaired) electrons. The molecule has 1 aliphatic heterocycles. The second-order valence-corrected chi connectivity index (χ2v) is 8.22. The Morgan fingerprint density at radius 3 is 2.69 bits per heavy atom. The molecule has 8 heteroatoms. The lowest BCUT2D eigenvalue weighted by atomic mass is 9.81. The molecule has 0 spiro atoms. The smallest absolute Gasteiger partial charge is 0.242 e. The molecule has 2 aromatic rings. The summed E-state index contributed by atoms with van der Waals surface area (Å²) >= 11 is 1.60.